The average Bonchev–Trinajstić information content (AvgIpc) is 3.31. The second-order valence-electron chi connectivity index (χ2n) is 7.48. The maximum Gasteiger partial charge on any atom is 0.104 e. The molecule has 0 unspecified atom stereocenters. The SMILES string of the molecule is CCn1c2ccccc2c2cccc(-c3ccc4[nH]c(NCCNC)cc4c3)c21. The minimum absolute atomic E-state index is 0.895. The Bertz CT molecular complexity index is 1310. The lowest BCUT2D eigenvalue weighted by atomic mass is 10.0. The molecule has 0 aliphatic carbocycles. The number of hydrogen-bond donors (Lipinski definition) is 3. The first-order valence-electron chi connectivity index (χ1n) is 10.3. The van der Waals surface area contributed by atoms with Gasteiger partial charge in [-0.25, -0.2) is 0 Å². The van der Waals surface area contributed by atoms with Gasteiger partial charge in [0, 0.05) is 52.4 Å². The van der Waals surface area contributed by atoms with Crippen molar-refractivity contribution in [3.63, 3.8) is 0 Å². The first-order valence-corrected chi connectivity index (χ1v) is 10.3. The van der Waals surface area contributed by atoms with E-state index in [0.29, 0.717) is 0 Å². The summed E-state index contributed by atoms with van der Waals surface area (Å²) in [6.45, 7) is 5.00. The molecular formula is C25H26N4. The summed E-state index contributed by atoms with van der Waals surface area (Å²) in [6.07, 6.45) is 0. The van der Waals surface area contributed by atoms with Gasteiger partial charge in [0.05, 0.1) is 5.52 Å². The molecule has 0 saturated carbocycles. The smallest absolute Gasteiger partial charge is 0.104 e. The zero-order valence-corrected chi connectivity index (χ0v) is 16.9. The number of rotatable bonds is 6. The topological polar surface area (TPSA) is 44.8 Å². The van der Waals surface area contributed by atoms with Crippen LogP contribution in [0.4, 0.5) is 5.82 Å². The number of aryl methyl sites for hydroxylation is 1. The van der Waals surface area contributed by atoms with Crippen molar-refractivity contribution in [2.45, 2.75) is 13.5 Å². The lowest BCUT2D eigenvalue weighted by Crippen LogP contribution is -2.17. The van der Waals surface area contributed by atoms with E-state index in [2.05, 4.69) is 93.8 Å². The highest BCUT2D eigenvalue weighted by molar-refractivity contribution is 6.13. The predicted octanol–water partition coefficient (Wildman–Crippen LogP) is 5.59. The van der Waals surface area contributed by atoms with E-state index in [1.54, 1.807) is 0 Å². The van der Waals surface area contributed by atoms with Crippen LogP contribution < -0.4 is 10.6 Å². The molecule has 4 nitrogen and oxygen atoms in total. The van der Waals surface area contributed by atoms with Gasteiger partial charge < -0.3 is 20.2 Å². The fourth-order valence-corrected chi connectivity index (χ4v) is 4.39. The number of benzene rings is 3. The molecule has 0 radical (unpaired) electrons. The van der Waals surface area contributed by atoms with Crippen LogP contribution in [0.15, 0.2) is 66.7 Å². The predicted molar refractivity (Wildman–Crippen MR) is 125 cm³/mol. The van der Waals surface area contributed by atoms with Crippen molar-refractivity contribution >= 4 is 38.5 Å². The van der Waals surface area contributed by atoms with Gasteiger partial charge in [0.15, 0.2) is 0 Å². The molecule has 4 heteroatoms. The van der Waals surface area contributed by atoms with Crippen LogP contribution in [0.2, 0.25) is 0 Å². The number of aromatic amines is 1. The average molecular weight is 383 g/mol. The van der Waals surface area contributed by atoms with E-state index in [0.717, 1.165) is 31.0 Å². The quantitative estimate of drug-likeness (QED) is 0.335. The summed E-state index contributed by atoms with van der Waals surface area (Å²) in [5, 5.41) is 10.5. The van der Waals surface area contributed by atoms with Gasteiger partial charge >= 0.3 is 0 Å². The van der Waals surface area contributed by atoms with Crippen LogP contribution in [0, 0.1) is 0 Å². The number of anilines is 1. The first-order chi connectivity index (χ1) is 14.3. The minimum atomic E-state index is 0.895. The Balaban J connectivity index is 1.66. The number of likely N-dealkylation sites (N-methyl/N-ethyl adjacent to an activating group) is 1. The van der Waals surface area contributed by atoms with Gasteiger partial charge in [0.1, 0.15) is 5.82 Å². The second-order valence-corrected chi connectivity index (χ2v) is 7.48. The molecular weight excluding hydrogens is 356 g/mol. The highest BCUT2D eigenvalue weighted by Gasteiger charge is 2.14. The van der Waals surface area contributed by atoms with Crippen molar-refractivity contribution in [2.24, 2.45) is 0 Å². The van der Waals surface area contributed by atoms with Crippen LogP contribution in [0.25, 0.3) is 43.8 Å². The van der Waals surface area contributed by atoms with E-state index in [-0.39, 0.29) is 0 Å². The fraction of sp³-hybridized carbons (Fsp3) is 0.200. The normalized spacial score (nSPS) is 11.7. The number of para-hydroxylation sites is 2. The van der Waals surface area contributed by atoms with Gasteiger partial charge in [-0.3, -0.25) is 0 Å². The van der Waals surface area contributed by atoms with Crippen molar-refractivity contribution in [2.75, 3.05) is 25.5 Å². The number of aromatic nitrogens is 2. The fourth-order valence-electron chi connectivity index (χ4n) is 4.39. The highest BCUT2D eigenvalue weighted by Crippen LogP contribution is 2.37. The summed E-state index contributed by atoms with van der Waals surface area (Å²) in [4.78, 5) is 3.47. The Kier molecular flexibility index (Phi) is 4.49. The van der Waals surface area contributed by atoms with Crippen LogP contribution in [0.3, 0.4) is 0 Å². The Labute approximate surface area is 170 Å². The van der Waals surface area contributed by atoms with Gasteiger partial charge in [-0.15, -0.1) is 0 Å². The molecule has 29 heavy (non-hydrogen) atoms. The second kappa shape index (κ2) is 7.30. The molecule has 5 rings (SSSR count). The molecule has 0 aliphatic rings. The molecule has 0 fully saturated rings. The third kappa shape index (κ3) is 2.97. The molecule has 146 valence electrons. The molecule has 5 aromatic rings. The Morgan fingerprint density at radius 1 is 0.897 bits per heavy atom. The molecule has 2 aromatic heterocycles. The van der Waals surface area contributed by atoms with E-state index >= 15 is 0 Å². The highest BCUT2D eigenvalue weighted by atomic mass is 15.0. The monoisotopic (exact) mass is 382 g/mol. The third-order valence-electron chi connectivity index (χ3n) is 5.73. The molecule has 3 N–H and O–H groups in total. The Morgan fingerprint density at radius 3 is 2.62 bits per heavy atom. The van der Waals surface area contributed by atoms with Crippen molar-refractivity contribution in [1.29, 1.82) is 0 Å². The maximum atomic E-state index is 3.47. The zero-order valence-electron chi connectivity index (χ0n) is 16.9. The number of H-pyrrole nitrogens is 1. The summed E-state index contributed by atoms with van der Waals surface area (Å²) >= 11 is 0. The van der Waals surface area contributed by atoms with Gasteiger partial charge in [-0.1, -0.05) is 42.5 Å². The molecule has 0 spiro atoms. The Morgan fingerprint density at radius 2 is 1.76 bits per heavy atom. The Hall–Kier alpha value is -3.24. The van der Waals surface area contributed by atoms with Crippen LogP contribution in [-0.2, 0) is 6.54 Å². The van der Waals surface area contributed by atoms with Gasteiger partial charge in [0.25, 0.3) is 0 Å². The summed E-state index contributed by atoms with van der Waals surface area (Å²) in [5.41, 5.74) is 6.31. The summed E-state index contributed by atoms with van der Waals surface area (Å²) in [7, 11) is 1.97. The lowest BCUT2D eigenvalue weighted by Gasteiger charge is -2.09. The molecule has 0 bridgehead atoms. The zero-order chi connectivity index (χ0) is 19.8. The summed E-state index contributed by atoms with van der Waals surface area (Å²) in [6, 6.07) is 24.3. The molecule has 0 saturated heterocycles. The van der Waals surface area contributed by atoms with Crippen molar-refractivity contribution in [3.8, 4) is 11.1 Å². The largest absolute Gasteiger partial charge is 0.370 e. The van der Waals surface area contributed by atoms with E-state index in [4.69, 9.17) is 0 Å². The lowest BCUT2D eigenvalue weighted by molar-refractivity contribution is 0.822. The molecule has 0 aliphatic heterocycles. The van der Waals surface area contributed by atoms with Crippen molar-refractivity contribution < 1.29 is 0 Å². The number of hydrogen-bond acceptors (Lipinski definition) is 2. The van der Waals surface area contributed by atoms with Crippen molar-refractivity contribution in [3.05, 3.63) is 66.7 Å². The van der Waals surface area contributed by atoms with E-state index < -0.39 is 0 Å². The van der Waals surface area contributed by atoms with Gasteiger partial charge in [-0.05, 0) is 43.8 Å². The van der Waals surface area contributed by atoms with Crippen molar-refractivity contribution in [1.82, 2.24) is 14.9 Å². The maximum absolute atomic E-state index is 3.47. The molecule has 3 aromatic carbocycles. The number of nitrogens with zero attached hydrogens (tertiary/aromatic N) is 1. The number of fused-ring (bicyclic) bond motifs is 4. The minimum Gasteiger partial charge on any atom is -0.370 e. The first kappa shape index (κ1) is 17.8. The number of nitrogens with one attached hydrogen (secondary N) is 3. The van der Waals surface area contributed by atoms with Crippen LogP contribution in [0.5, 0.6) is 0 Å². The van der Waals surface area contributed by atoms with E-state index in [1.165, 1.54) is 38.3 Å². The summed E-state index contributed by atoms with van der Waals surface area (Å²) < 4.78 is 2.44. The standard InChI is InChI=1S/C25H26N4/c1-3-29-23-10-5-4-7-20(23)21-9-6-8-19(25(21)29)17-11-12-22-18(15-17)16-24(28-22)27-14-13-26-2/h4-12,15-16,26-28H,3,13-14H2,1-2H3. The molecule has 0 amide bonds. The van der Waals surface area contributed by atoms with Crippen LogP contribution in [-0.4, -0.2) is 29.7 Å². The van der Waals surface area contributed by atoms with Gasteiger partial charge in [0.2, 0.25) is 0 Å². The van der Waals surface area contributed by atoms with Gasteiger partial charge in [-0.2, -0.15) is 0 Å². The summed E-state index contributed by atoms with van der Waals surface area (Å²) in [5.74, 6) is 1.06. The van der Waals surface area contributed by atoms with Crippen LogP contribution >= 0.6 is 0 Å². The molecule has 0 atom stereocenters. The van der Waals surface area contributed by atoms with E-state index in [9.17, 15) is 0 Å². The molecule has 2 heterocycles. The van der Waals surface area contributed by atoms with Crippen LogP contribution in [0.1, 0.15) is 6.92 Å². The third-order valence-corrected chi connectivity index (χ3v) is 5.73. The van der Waals surface area contributed by atoms with E-state index in [1.807, 2.05) is 7.05 Å².